The molecule has 0 amide bonds. The van der Waals surface area contributed by atoms with Gasteiger partial charge in [-0.3, -0.25) is 0 Å². The second-order valence-electron chi connectivity index (χ2n) is 9.35. The molecule has 0 aliphatic carbocycles. The molecule has 0 aromatic heterocycles. The Morgan fingerprint density at radius 1 is 0.441 bits per heavy atom. The van der Waals surface area contributed by atoms with Crippen LogP contribution >= 0.6 is 0 Å². The normalized spacial score (nSPS) is 11.3. The summed E-state index contributed by atoms with van der Waals surface area (Å²) in [6.45, 7) is 8.24. The van der Waals surface area contributed by atoms with E-state index in [-0.39, 0.29) is 19.3 Å². The number of hydrogen-bond acceptors (Lipinski definition) is 6. The number of carbonyl (C=O) groups is 3. The molecule has 34 heavy (non-hydrogen) atoms. The van der Waals surface area contributed by atoms with Crippen molar-refractivity contribution in [3.05, 3.63) is 0 Å². The molecular weight excluding hydrogens is 539 g/mol. The zero-order chi connectivity index (χ0) is 25.5. The molecule has 6 nitrogen and oxygen atoms in total. The van der Waals surface area contributed by atoms with Crippen LogP contribution in [0.5, 0.6) is 0 Å². The fourth-order valence-electron chi connectivity index (χ4n) is 3.68. The Bertz CT molecular complexity index is 482. The van der Waals surface area contributed by atoms with Crippen molar-refractivity contribution in [2.75, 3.05) is 0 Å². The van der Waals surface area contributed by atoms with Crippen LogP contribution in [0.15, 0.2) is 0 Å². The summed E-state index contributed by atoms with van der Waals surface area (Å²) in [4.78, 5) is 37.6. The van der Waals surface area contributed by atoms with Gasteiger partial charge in [0.05, 0.1) is 0 Å². The summed E-state index contributed by atoms with van der Waals surface area (Å²) < 4.78 is 17.8. The van der Waals surface area contributed by atoms with Gasteiger partial charge in [-0.05, 0) is 0 Å². The van der Waals surface area contributed by atoms with E-state index in [2.05, 4.69) is 6.92 Å². The van der Waals surface area contributed by atoms with Gasteiger partial charge in [-0.15, -0.1) is 0 Å². The third-order valence-corrected chi connectivity index (χ3v) is 13.2. The Morgan fingerprint density at radius 3 is 1.06 bits per heavy atom. The van der Waals surface area contributed by atoms with Crippen molar-refractivity contribution in [1.29, 1.82) is 0 Å². The number of unbranched alkanes of at least 4 members (excludes halogenated alkanes) is 12. The monoisotopic (exact) mass is 592 g/mol. The van der Waals surface area contributed by atoms with Gasteiger partial charge < -0.3 is 0 Å². The standard InChI is InChI=1S/C12H25.3C5H10O2.Sn/c1-3-5-7-9-11-12-10-8-6-4-2;3*1-2-3-4-5(6)7;/h1,3-12H2,2H3;3*2-4H2,1H3,(H,6,7);/q;;;;+3/p-3. The topological polar surface area (TPSA) is 78.9 Å². The second-order valence-corrected chi connectivity index (χ2v) is 16.4. The fraction of sp³-hybridized carbons (Fsp3) is 0.889. The first-order valence-electron chi connectivity index (χ1n) is 14.1. The van der Waals surface area contributed by atoms with E-state index >= 15 is 0 Å². The van der Waals surface area contributed by atoms with Crippen LogP contribution in [0, 0.1) is 0 Å². The van der Waals surface area contributed by atoms with Crippen LogP contribution in [0.2, 0.25) is 4.44 Å². The Labute approximate surface area is 214 Å². The molecule has 0 fully saturated rings. The summed E-state index contributed by atoms with van der Waals surface area (Å²) in [5.74, 6) is -1.22. The zero-order valence-corrected chi connectivity index (χ0v) is 25.4. The van der Waals surface area contributed by atoms with E-state index in [0.29, 0.717) is 23.7 Å². The first-order chi connectivity index (χ1) is 16.4. The van der Waals surface area contributed by atoms with Crippen molar-refractivity contribution in [3.63, 3.8) is 0 Å². The number of carbonyl (C=O) groups excluding carboxylic acids is 3. The van der Waals surface area contributed by atoms with Gasteiger partial charge in [0.1, 0.15) is 0 Å². The van der Waals surface area contributed by atoms with Crippen molar-refractivity contribution < 1.29 is 23.6 Å². The quantitative estimate of drug-likeness (QED) is 0.0884. The molecule has 0 N–H and O–H groups in total. The molecule has 0 rings (SSSR count). The molecule has 0 radical (unpaired) electrons. The van der Waals surface area contributed by atoms with Crippen LogP contribution < -0.4 is 0 Å². The maximum atomic E-state index is 12.5. The third kappa shape index (κ3) is 18.5. The molecule has 0 spiro atoms. The summed E-state index contributed by atoms with van der Waals surface area (Å²) in [6, 6.07) is 0. The summed E-state index contributed by atoms with van der Waals surface area (Å²) in [5, 5.41) is 0. The van der Waals surface area contributed by atoms with Crippen LogP contribution in [0.3, 0.4) is 0 Å². The predicted molar refractivity (Wildman–Crippen MR) is 139 cm³/mol. The van der Waals surface area contributed by atoms with Gasteiger partial charge >= 0.3 is 215 Å². The molecule has 7 heteroatoms. The third-order valence-electron chi connectivity index (χ3n) is 5.85. The predicted octanol–water partition coefficient (Wildman–Crippen LogP) is 8.05. The van der Waals surface area contributed by atoms with Gasteiger partial charge in [0.15, 0.2) is 0 Å². The molecule has 0 aromatic carbocycles. The first kappa shape index (κ1) is 33.2. The van der Waals surface area contributed by atoms with Crippen molar-refractivity contribution in [2.24, 2.45) is 0 Å². The molecule has 0 atom stereocenters. The van der Waals surface area contributed by atoms with Gasteiger partial charge in [0.25, 0.3) is 0 Å². The Hall–Kier alpha value is -0.791. The van der Waals surface area contributed by atoms with Gasteiger partial charge in [-0.25, -0.2) is 0 Å². The van der Waals surface area contributed by atoms with Crippen LogP contribution in [-0.2, 0) is 23.6 Å². The number of rotatable bonds is 23. The van der Waals surface area contributed by atoms with Gasteiger partial charge in [0.2, 0.25) is 0 Å². The van der Waals surface area contributed by atoms with E-state index in [9.17, 15) is 14.4 Å². The minimum absolute atomic E-state index is 0.256. The zero-order valence-electron chi connectivity index (χ0n) is 22.6. The van der Waals surface area contributed by atoms with Crippen molar-refractivity contribution in [1.82, 2.24) is 0 Å². The van der Waals surface area contributed by atoms with Gasteiger partial charge in [0, 0.05) is 0 Å². The summed E-state index contributed by atoms with van der Waals surface area (Å²) in [7, 11) is 0. The Kier molecular flexibility index (Phi) is 22.1. The van der Waals surface area contributed by atoms with Gasteiger partial charge in [-0.1, -0.05) is 0 Å². The molecule has 0 aliphatic rings. The van der Waals surface area contributed by atoms with Crippen LogP contribution in [0.4, 0.5) is 0 Å². The SMILES string of the molecule is CCCCCCCCCCC[CH2][Sn]([O]C(=O)CCCC)([O]C(=O)CCCC)[O]C(=O)CCCC. The molecule has 0 heterocycles. The number of hydrogen-bond donors (Lipinski definition) is 0. The Morgan fingerprint density at radius 2 is 0.735 bits per heavy atom. The molecular formula is C27H52O6Sn. The average Bonchev–Trinajstić information content (AvgIpc) is 2.81. The van der Waals surface area contributed by atoms with E-state index in [0.717, 1.165) is 38.5 Å². The average molecular weight is 591 g/mol. The minimum atomic E-state index is -4.71. The van der Waals surface area contributed by atoms with E-state index < -0.39 is 37.5 Å². The molecule has 0 saturated carbocycles. The second kappa shape index (κ2) is 22.7. The van der Waals surface area contributed by atoms with Crippen LogP contribution in [-0.4, -0.2) is 37.5 Å². The van der Waals surface area contributed by atoms with E-state index in [4.69, 9.17) is 9.22 Å². The maximum absolute atomic E-state index is 12.5. The molecule has 200 valence electrons. The van der Waals surface area contributed by atoms with Crippen molar-refractivity contribution in [3.8, 4) is 0 Å². The first-order valence-corrected chi connectivity index (χ1v) is 19.6. The summed E-state index contributed by atoms with van der Waals surface area (Å²) in [6.07, 6.45) is 17.2. The molecule has 0 bridgehead atoms. The van der Waals surface area contributed by atoms with E-state index in [1.807, 2.05) is 20.8 Å². The van der Waals surface area contributed by atoms with Gasteiger partial charge in [-0.2, -0.15) is 0 Å². The van der Waals surface area contributed by atoms with E-state index in [1.54, 1.807) is 0 Å². The Balaban J connectivity index is 5.04. The van der Waals surface area contributed by atoms with Crippen LogP contribution in [0.1, 0.15) is 150 Å². The summed E-state index contributed by atoms with van der Waals surface area (Å²) in [5.41, 5.74) is 0. The van der Waals surface area contributed by atoms with E-state index in [1.165, 1.54) is 44.9 Å². The molecule has 0 unspecified atom stereocenters. The fourth-order valence-corrected chi connectivity index (χ4v) is 10.7. The van der Waals surface area contributed by atoms with Crippen molar-refractivity contribution in [2.45, 2.75) is 154 Å². The van der Waals surface area contributed by atoms with Crippen molar-refractivity contribution >= 4 is 37.5 Å². The molecule has 0 aromatic rings. The summed E-state index contributed by atoms with van der Waals surface area (Å²) >= 11 is -4.71. The van der Waals surface area contributed by atoms with Crippen LogP contribution in [0.25, 0.3) is 0 Å². The molecule has 0 saturated heterocycles. The molecule has 0 aliphatic heterocycles.